The van der Waals surface area contributed by atoms with Crippen LogP contribution in [-0.4, -0.2) is 23.1 Å². The number of hydrogen-bond donors (Lipinski definition) is 0. The minimum Gasteiger partial charge on any atom is -0.474 e. The lowest BCUT2D eigenvalue weighted by Crippen LogP contribution is -2.46. The molecule has 4 aromatic carbocycles. The van der Waals surface area contributed by atoms with Crippen molar-refractivity contribution in [3.8, 4) is 11.5 Å². The molecule has 0 N–H and O–H groups in total. The fourth-order valence-corrected chi connectivity index (χ4v) is 3.43. The van der Waals surface area contributed by atoms with E-state index in [-0.39, 0.29) is 0 Å². The van der Waals surface area contributed by atoms with Crippen molar-refractivity contribution < 1.29 is 23.8 Å². The predicted molar refractivity (Wildman–Crippen MR) is 155 cm³/mol. The van der Waals surface area contributed by atoms with Gasteiger partial charge in [-0.3, -0.25) is 0 Å². The summed E-state index contributed by atoms with van der Waals surface area (Å²) in [5.74, 6) is -1.19. The molecule has 0 fully saturated rings. The Hall–Kier alpha value is -5.18. The van der Waals surface area contributed by atoms with Gasteiger partial charge < -0.3 is 14.2 Å². The number of rotatable bonds is 10. The zero-order valence-corrected chi connectivity index (χ0v) is 23.2. The maximum absolute atomic E-state index is 13.1. The summed E-state index contributed by atoms with van der Waals surface area (Å²) < 4.78 is 17.1. The van der Waals surface area contributed by atoms with Gasteiger partial charge in [-0.1, -0.05) is 60.7 Å². The minimum atomic E-state index is -1.54. The molecule has 0 bridgehead atoms. The molecule has 4 aromatic rings. The third kappa shape index (κ3) is 7.92. The Morgan fingerprint density at radius 3 is 1.22 bits per heavy atom. The van der Waals surface area contributed by atoms with E-state index in [0.717, 1.165) is 0 Å². The Balaban J connectivity index is 1.44. The van der Waals surface area contributed by atoms with Crippen molar-refractivity contribution in [1.29, 1.82) is 0 Å². The Bertz CT molecular complexity index is 1430. The van der Waals surface area contributed by atoms with Crippen molar-refractivity contribution in [2.75, 3.05) is 0 Å². The number of carbonyl (C=O) groups is 2. The largest absolute Gasteiger partial charge is 0.474 e. The van der Waals surface area contributed by atoms with E-state index in [9.17, 15) is 9.59 Å². The highest BCUT2D eigenvalue weighted by atomic mass is 16.6. The third-order valence-corrected chi connectivity index (χ3v) is 5.69. The zero-order chi connectivity index (χ0) is 29.3. The van der Waals surface area contributed by atoms with Crippen LogP contribution in [0.2, 0.25) is 0 Å². The number of carbonyl (C=O) groups excluding carboxylic acids is 2. The maximum Gasteiger partial charge on any atom is 0.357 e. The number of para-hydroxylation sites is 2. The van der Waals surface area contributed by atoms with Crippen LogP contribution in [0.3, 0.4) is 0 Å². The molecule has 0 aliphatic rings. The van der Waals surface area contributed by atoms with Gasteiger partial charge in [0.1, 0.15) is 22.9 Å². The summed E-state index contributed by atoms with van der Waals surface area (Å²) in [6, 6.07) is 32.2. The summed E-state index contributed by atoms with van der Waals surface area (Å²) in [6.07, 6.45) is 0. The Kier molecular flexibility index (Phi) is 8.98. The van der Waals surface area contributed by atoms with Crippen LogP contribution in [0.15, 0.2) is 130 Å². The van der Waals surface area contributed by atoms with Crippen LogP contribution >= 0.6 is 0 Å². The van der Waals surface area contributed by atoms with Gasteiger partial charge >= 0.3 is 11.9 Å². The van der Waals surface area contributed by atoms with Crippen molar-refractivity contribution >= 4 is 34.7 Å². The normalized spacial score (nSPS) is 11.9. The van der Waals surface area contributed by atoms with Crippen LogP contribution in [0.5, 0.6) is 11.5 Å². The van der Waals surface area contributed by atoms with Gasteiger partial charge in [-0.05, 0) is 76.2 Å². The molecule has 0 atom stereocenters. The van der Waals surface area contributed by atoms with Crippen LogP contribution in [0.4, 0.5) is 22.7 Å². The molecular weight excluding hydrogens is 520 g/mol. The maximum atomic E-state index is 13.1. The van der Waals surface area contributed by atoms with Crippen molar-refractivity contribution in [2.24, 2.45) is 20.5 Å². The molecule has 0 spiro atoms. The number of benzene rings is 4. The highest BCUT2D eigenvalue weighted by Gasteiger charge is 2.40. The van der Waals surface area contributed by atoms with Gasteiger partial charge in [0.05, 0.1) is 11.4 Å². The SMILES string of the molecule is CC(C)(Oc1ccccc1/N=N/c1ccccc1)C(=O)OC(=O)C(C)(C)Oc1ccccc1/N=N/c1ccccc1. The fourth-order valence-electron chi connectivity index (χ4n) is 3.43. The molecule has 208 valence electrons. The average Bonchev–Trinajstić information content (AvgIpc) is 2.97. The van der Waals surface area contributed by atoms with E-state index >= 15 is 0 Å². The summed E-state index contributed by atoms with van der Waals surface area (Å²) in [6.45, 7) is 6.00. The van der Waals surface area contributed by atoms with Crippen molar-refractivity contribution in [2.45, 2.75) is 38.9 Å². The average molecular weight is 551 g/mol. The van der Waals surface area contributed by atoms with Crippen LogP contribution in [0, 0.1) is 0 Å². The summed E-state index contributed by atoms with van der Waals surface area (Å²) in [5, 5.41) is 16.9. The van der Waals surface area contributed by atoms with Gasteiger partial charge in [-0.25, -0.2) is 9.59 Å². The first-order valence-corrected chi connectivity index (χ1v) is 12.9. The number of ether oxygens (including phenoxy) is 3. The lowest BCUT2D eigenvalue weighted by Gasteiger charge is -2.28. The third-order valence-electron chi connectivity index (χ3n) is 5.69. The summed E-state index contributed by atoms with van der Waals surface area (Å²) in [7, 11) is 0. The summed E-state index contributed by atoms with van der Waals surface area (Å²) in [4.78, 5) is 26.2. The highest BCUT2D eigenvalue weighted by molar-refractivity contribution is 5.93. The topological polar surface area (TPSA) is 111 Å². The molecule has 41 heavy (non-hydrogen) atoms. The molecule has 0 amide bonds. The van der Waals surface area contributed by atoms with Crippen LogP contribution in [0.1, 0.15) is 27.7 Å². The monoisotopic (exact) mass is 550 g/mol. The first-order chi connectivity index (χ1) is 19.6. The first-order valence-electron chi connectivity index (χ1n) is 12.9. The minimum absolute atomic E-state index is 0.301. The van der Waals surface area contributed by atoms with Gasteiger partial charge in [0, 0.05) is 0 Å². The number of nitrogens with zero attached hydrogens (tertiary/aromatic N) is 4. The second kappa shape index (κ2) is 12.8. The predicted octanol–water partition coefficient (Wildman–Crippen LogP) is 8.60. The second-order valence-electron chi connectivity index (χ2n) is 9.91. The Labute approximate surface area is 238 Å². The zero-order valence-electron chi connectivity index (χ0n) is 23.2. The quantitative estimate of drug-likeness (QED) is 0.111. The van der Waals surface area contributed by atoms with E-state index in [1.54, 1.807) is 48.5 Å². The molecule has 0 saturated carbocycles. The molecule has 9 nitrogen and oxygen atoms in total. The fraction of sp³-hybridized carbons (Fsp3) is 0.188. The number of azo groups is 2. The molecule has 0 aliphatic carbocycles. The molecule has 0 aromatic heterocycles. The lowest BCUT2D eigenvalue weighted by atomic mass is 10.1. The van der Waals surface area contributed by atoms with E-state index in [1.807, 2.05) is 60.7 Å². The van der Waals surface area contributed by atoms with E-state index < -0.39 is 23.1 Å². The summed E-state index contributed by atoms with van der Waals surface area (Å²) in [5.41, 5.74) is -0.923. The smallest absolute Gasteiger partial charge is 0.357 e. The van der Waals surface area contributed by atoms with Gasteiger partial charge in [-0.2, -0.15) is 10.2 Å². The molecule has 0 radical (unpaired) electrons. The van der Waals surface area contributed by atoms with Gasteiger partial charge in [-0.15, -0.1) is 10.2 Å². The molecule has 0 saturated heterocycles. The van der Waals surface area contributed by atoms with Crippen molar-refractivity contribution in [3.63, 3.8) is 0 Å². The lowest BCUT2D eigenvalue weighted by molar-refractivity contribution is -0.178. The number of hydrogen-bond acceptors (Lipinski definition) is 9. The molecule has 4 rings (SSSR count). The van der Waals surface area contributed by atoms with E-state index in [4.69, 9.17) is 14.2 Å². The van der Waals surface area contributed by atoms with Crippen molar-refractivity contribution in [3.05, 3.63) is 109 Å². The first kappa shape index (κ1) is 28.8. The van der Waals surface area contributed by atoms with Crippen LogP contribution in [0.25, 0.3) is 0 Å². The van der Waals surface area contributed by atoms with E-state index in [0.29, 0.717) is 34.2 Å². The molecule has 0 unspecified atom stereocenters. The van der Waals surface area contributed by atoms with Gasteiger partial charge in [0.2, 0.25) is 11.2 Å². The Morgan fingerprint density at radius 2 is 0.829 bits per heavy atom. The second-order valence-corrected chi connectivity index (χ2v) is 9.91. The molecule has 0 heterocycles. The standard InChI is InChI=1S/C32H30N4O5/c1-31(2,40-27-21-13-11-19-25(27)35-33-23-15-7-5-8-16-23)29(37)39-30(38)32(3,4)41-28-22-14-12-20-26(28)36-34-24-17-9-6-10-18-24/h5-22H,1-4H3/b35-33+,36-34+. The molecular formula is C32H30N4O5. The highest BCUT2D eigenvalue weighted by Crippen LogP contribution is 2.34. The van der Waals surface area contributed by atoms with Crippen LogP contribution in [-0.2, 0) is 14.3 Å². The van der Waals surface area contributed by atoms with Gasteiger partial charge in [0.15, 0.2) is 0 Å². The molecule has 9 heteroatoms. The summed E-state index contributed by atoms with van der Waals surface area (Å²) >= 11 is 0. The van der Waals surface area contributed by atoms with E-state index in [2.05, 4.69) is 20.5 Å². The van der Waals surface area contributed by atoms with Gasteiger partial charge in [0.25, 0.3) is 0 Å². The van der Waals surface area contributed by atoms with Crippen molar-refractivity contribution in [1.82, 2.24) is 0 Å². The molecule has 0 aliphatic heterocycles. The number of esters is 2. The van der Waals surface area contributed by atoms with Crippen LogP contribution < -0.4 is 9.47 Å². The van der Waals surface area contributed by atoms with E-state index in [1.165, 1.54) is 27.7 Å². The Morgan fingerprint density at radius 1 is 0.488 bits per heavy atom.